The summed E-state index contributed by atoms with van der Waals surface area (Å²) in [6.07, 6.45) is 0. The minimum atomic E-state index is -0.949. The van der Waals surface area contributed by atoms with Crippen molar-refractivity contribution in [3.63, 3.8) is 0 Å². The van der Waals surface area contributed by atoms with Gasteiger partial charge in [0.2, 0.25) is 5.91 Å². The van der Waals surface area contributed by atoms with Gasteiger partial charge in [-0.1, -0.05) is 37.3 Å². The predicted octanol–water partition coefficient (Wildman–Crippen LogP) is 1.41. The Kier molecular flexibility index (Phi) is 4.45. The maximum absolute atomic E-state index is 12.7. The van der Waals surface area contributed by atoms with Crippen LogP contribution in [0.1, 0.15) is 26.3 Å². The Morgan fingerprint density at radius 1 is 1.35 bits per heavy atom. The number of benzene rings is 1. The van der Waals surface area contributed by atoms with E-state index < -0.39 is 5.54 Å². The Bertz CT molecular complexity index is 458. The lowest BCUT2D eigenvalue weighted by Crippen LogP contribution is -2.59. The summed E-state index contributed by atoms with van der Waals surface area (Å²) >= 11 is 0. The van der Waals surface area contributed by atoms with E-state index in [1.54, 1.807) is 0 Å². The normalized spacial score (nSPS) is 23.4. The van der Waals surface area contributed by atoms with E-state index in [-0.39, 0.29) is 5.91 Å². The molecule has 4 nitrogen and oxygen atoms in total. The number of carbonyl (C=O) groups is 1. The van der Waals surface area contributed by atoms with Crippen molar-refractivity contribution in [2.24, 2.45) is 5.73 Å². The van der Waals surface area contributed by atoms with Crippen molar-refractivity contribution in [3.05, 3.63) is 35.9 Å². The van der Waals surface area contributed by atoms with Crippen molar-refractivity contribution in [2.45, 2.75) is 32.4 Å². The van der Waals surface area contributed by atoms with Crippen LogP contribution >= 0.6 is 0 Å². The minimum Gasteiger partial charge on any atom is -0.338 e. The second-order valence-electron chi connectivity index (χ2n) is 5.80. The fraction of sp³-hybridized carbons (Fsp3) is 0.562. The van der Waals surface area contributed by atoms with Gasteiger partial charge in [0.1, 0.15) is 5.54 Å². The molecule has 0 saturated carbocycles. The number of hydrogen-bond acceptors (Lipinski definition) is 3. The quantitative estimate of drug-likeness (QED) is 0.907. The van der Waals surface area contributed by atoms with E-state index >= 15 is 0 Å². The zero-order valence-corrected chi connectivity index (χ0v) is 12.7. The number of nitrogens with zero attached hydrogens (tertiary/aromatic N) is 2. The van der Waals surface area contributed by atoms with Crippen LogP contribution in [0.4, 0.5) is 0 Å². The highest BCUT2D eigenvalue weighted by atomic mass is 16.2. The van der Waals surface area contributed by atoms with E-state index in [4.69, 9.17) is 5.73 Å². The number of piperazine rings is 1. The molecule has 1 heterocycles. The van der Waals surface area contributed by atoms with Gasteiger partial charge in [-0.2, -0.15) is 0 Å². The van der Waals surface area contributed by atoms with E-state index in [9.17, 15) is 4.79 Å². The first-order valence-corrected chi connectivity index (χ1v) is 7.34. The Morgan fingerprint density at radius 3 is 2.55 bits per heavy atom. The number of rotatable bonds is 3. The molecule has 1 aliphatic heterocycles. The van der Waals surface area contributed by atoms with E-state index in [1.807, 2.05) is 42.2 Å². The van der Waals surface area contributed by atoms with Crippen LogP contribution in [0.3, 0.4) is 0 Å². The molecule has 2 unspecified atom stereocenters. The van der Waals surface area contributed by atoms with Gasteiger partial charge in [-0.05, 0) is 26.0 Å². The predicted molar refractivity (Wildman–Crippen MR) is 81.3 cm³/mol. The topological polar surface area (TPSA) is 49.6 Å². The van der Waals surface area contributed by atoms with Gasteiger partial charge in [-0.3, -0.25) is 9.69 Å². The SMILES string of the molecule is CCN1CCN(C(=O)C(C)(N)c2ccccc2)CC1C. The second-order valence-corrected chi connectivity index (χ2v) is 5.80. The largest absolute Gasteiger partial charge is 0.338 e. The first kappa shape index (κ1) is 15.0. The molecule has 1 aromatic rings. The monoisotopic (exact) mass is 275 g/mol. The number of likely N-dealkylation sites (N-methyl/N-ethyl adjacent to an activating group) is 1. The smallest absolute Gasteiger partial charge is 0.247 e. The maximum Gasteiger partial charge on any atom is 0.247 e. The number of hydrogen-bond donors (Lipinski definition) is 1. The van der Waals surface area contributed by atoms with E-state index in [1.165, 1.54) is 0 Å². The Balaban J connectivity index is 2.12. The molecule has 0 radical (unpaired) electrons. The maximum atomic E-state index is 12.7. The van der Waals surface area contributed by atoms with Crippen LogP contribution in [0.5, 0.6) is 0 Å². The first-order valence-electron chi connectivity index (χ1n) is 7.34. The van der Waals surface area contributed by atoms with E-state index in [2.05, 4.69) is 18.7 Å². The summed E-state index contributed by atoms with van der Waals surface area (Å²) in [5, 5.41) is 0. The van der Waals surface area contributed by atoms with Gasteiger partial charge in [0, 0.05) is 25.7 Å². The molecular formula is C16H25N3O. The summed E-state index contributed by atoms with van der Waals surface area (Å²) < 4.78 is 0. The highest BCUT2D eigenvalue weighted by Gasteiger charge is 2.36. The van der Waals surface area contributed by atoms with Gasteiger partial charge in [0.25, 0.3) is 0 Å². The number of amides is 1. The fourth-order valence-corrected chi connectivity index (χ4v) is 2.89. The van der Waals surface area contributed by atoms with Crippen molar-refractivity contribution in [2.75, 3.05) is 26.2 Å². The summed E-state index contributed by atoms with van der Waals surface area (Å²) in [5.41, 5.74) is 6.24. The molecule has 1 fully saturated rings. The van der Waals surface area contributed by atoms with Crippen molar-refractivity contribution in [1.82, 2.24) is 9.80 Å². The zero-order chi connectivity index (χ0) is 14.8. The van der Waals surface area contributed by atoms with Crippen molar-refractivity contribution in [1.29, 1.82) is 0 Å². The third-order valence-corrected chi connectivity index (χ3v) is 4.28. The molecule has 2 atom stereocenters. The first-order chi connectivity index (χ1) is 9.46. The average Bonchev–Trinajstić information content (AvgIpc) is 2.47. The Labute approximate surface area is 121 Å². The summed E-state index contributed by atoms with van der Waals surface area (Å²) in [6, 6.07) is 10.0. The molecule has 110 valence electrons. The molecule has 20 heavy (non-hydrogen) atoms. The summed E-state index contributed by atoms with van der Waals surface area (Å²) in [7, 11) is 0. The molecule has 1 aliphatic rings. The van der Waals surface area contributed by atoms with Gasteiger partial charge < -0.3 is 10.6 Å². The summed E-state index contributed by atoms with van der Waals surface area (Å²) in [5.74, 6) is 0.0197. The summed E-state index contributed by atoms with van der Waals surface area (Å²) in [4.78, 5) is 17.0. The third kappa shape index (κ3) is 2.86. The Morgan fingerprint density at radius 2 is 2.00 bits per heavy atom. The van der Waals surface area contributed by atoms with Crippen LogP contribution in [0.25, 0.3) is 0 Å². The van der Waals surface area contributed by atoms with Gasteiger partial charge in [0.05, 0.1) is 0 Å². The van der Waals surface area contributed by atoms with Crippen LogP contribution in [0.15, 0.2) is 30.3 Å². The van der Waals surface area contributed by atoms with Crippen LogP contribution in [-0.4, -0.2) is 47.9 Å². The molecule has 2 rings (SSSR count). The highest BCUT2D eigenvalue weighted by molar-refractivity contribution is 5.87. The van der Waals surface area contributed by atoms with Crippen molar-refractivity contribution < 1.29 is 4.79 Å². The number of carbonyl (C=O) groups excluding carboxylic acids is 1. The molecule has 1 saturated heterocycles. The standard InChI is InChI=1S/C16H25N3O/c1-4-18-10-11-19(12-13(18)2)15(20)16(3,17)14-8-6-5-7-9-14/h5-9,13H,4,10-12,17H2,1-3H3. The Hall–Kier alpha value is -1.39. The van der Waals surface area contributed by atoms with Crippen LogP contribution in [0, 0.1) is 0 Å². The lowest BCUT2D eigenvalue weighted by atomic mass is 9.91. The third-order valence-electron chi connectivity index (χ3n) is 4.28. The van der Waals surface area contributed by atoms with Gasteiger partial charge >= 0.3 is 0 Å². The molecule has 0 bridgehead atoms. The lowest BCUT2D eigenvalue weighted by Gasteiger charge is -2.42. The van der Waals surface area contributed by atoms with Crippen LogP contribution in [0.2, 0.25) is 0 Å². The van der Waals surface area contributed by atoms with Crippen LogP contribution < -0.4 is 5.73 Å². The number of nitrogens with two attached hydrogens (primary N) is 1. The van der Waals surface area contributed by atoms with Gasteiger partial charge in [-0.25, -0.2) is 0 Å². The van der Waals surface area contributed by atoms with Crippen molar-refractivity contribution >= 4 is 5.91 Å². The second kappa shape index (κ2) is 5.94. The average molecular weight is 275 g/mol. The van der Waals surface area contributed by atoms with Gasteiger partial charge in [-0.15, -0.1) is 0 Å². The molecule has 2 N–H and O–H groups in total. The molecule has 0 aliphatic carbocycles. The zero-order valence-electron chi connectivity index (χ0n) is 12.7. The summed E-state index contributed by atoms with van der Waals surface area (Å²) in [6.45, 7) is 9.60. The minimum absolute atomic E-state index is 0.0197. The molecule has 0 spiro atoms. The van der Waals surface area contributed by atoms with Gasteiger partial charge in [0.15, 0.2) is 0 Å². The fourth-order valence-electron chi connectivity index (χ4n) is 2.89. The lowest BCUT2D eigenvalue weighted by molar-refractivity contribution is -0.139. The molecule has 1 amide bonds. The molecule has 4 heteroatoms. The molecular weight excluding hydrogens is 250 g/mol. The van der Waals surface area contributed by atoms with Crippen LogP contribution in [-0.2, 0) is 10.3 Å². The highest BCUT2D eigenvalue weighted by Crippen LogP contribution is 2.22. The van der Waals surface area contributed by atoms with Crippen molar-refractivity contribution in [3.8, 4) is 0 Å². The van der Waals surface area contributed by atoms with E-state index in [0.29, 0.717) is 6.04 Å². The molecule has 0 aromatic heterocycles. The molecule has 1 aromatic carbocycles. The van der Waals surface area contributed by atoms with E-state index in [0.717, 1.165) is 31.7 Å².